The first-order chi connectivity index (χ1) is 9.20. The van der Waals surface area contributed by atoms with Crippen molar-refractivity contribution in [3.8, 4) is 5.75 Å². The summed E-state index contributed by atoms with van der Waals surface area (Å²) < 4.78 is 5.12. The third-order valence-electron chi connectivity index (χ3n) is 2.89. The number of hydrogen-bond acceptors (Lipinski definition) is 2. The van der Waals surface area contributed by atoms with Crippen molar-refractivity contribution in [3.63, 3.8) is 0 Å². The molecule has 0 heterocycles. The minimum absolute atomic E-state index is 0.0500. The van der Waals surface area contributed by atoms with E-state index in [1.165, 1.54) is 0 Å². The summed E-state index contributed by atoms with van der Waals surface area (Å²) in [5.74, 6) is 0.834. The largest absolute Gasteiger partial charge is 0.497 e. The second-order valence-corrected chi connectivity index (χ2v) is 4.25. The van der Waals surface area contributed by atoms with Gasteiger partial charge < -0.3 is 4.74 Å². The zero-order valence-corrected chi connectivity index (χ0v) is 11.1. The lowest BCUT2D eigenvalue weighted by atomic mass is 9.99. The molecule has 0 spiro atoms. The summed E-state index contributed by atoms with van der Waals surface area (Å²) in [6, 6.07) is 17.3. The Morgan fingerprint density at radius 2 is 1.63 bits per heavy atom. The zero-order chi connectivity index (χ0) is 13.7. The van der Waals surface area contributed by atoms with Gasteiger partial charge in [0.25, 0.3) is 0 Å². The monoisotopic (exact) mass is 252 g/mol. The van der Waals surface area contributed by atoms with Crippen LogP contribution in [0.4, 0.5) is 0 Å². The lowest BCUT2D eigenvalue weighted by Gasteiger charge is -2.06. The van der Waals surface area contributed by atoms with Gasteiger partial charge in [-0.05, 0) is 36.3 Å². The van der Waals surface area contributed by atoms with Crippen LogP contribution in [0.3, 0.4) is 0 Å². The summed E-state index contributed by atoms with van der Waals surface area (Å²) in [6.07, 6.45) is 1.91. The lowest BCUT2D eigenvalue weighted by molar-refractivity contribution is -0.111. The van der Waals surface area contributed by atoms with Crippen LogP contribution in [0.1, 0.15) is 18.1 Å². The number of benzene rings is 2. The van der Waals surface area contributed by atoms with E-state index in [1.54, 1.807) is 14.0 Å². The van der Waals surface area contributed by atoms with E-state index in [0.29, 0.717) is 5.57 Å². The maximum Gasteiger partial charge on any atom is 0.160 e. The number of carbonyl (C=O) groups excluding carboxylic acids is 1. The molecule has 0 N–H and O–H groups in total. The molecule has 2 heteroatoms. The Kier molecular flexibility index (Phi) is 4.14. The minimum Gasteiger partial charge on any atom is -0.497 e. The fraction of sp³-hybridized carbons (Fsp3) is 0.118. The molecule has 0 aliphatic rings. The van der Waals surface area contributed by atoms with E-state index >= 15 is 0 Å². The third-order valence-corrected chi connectivity index (χ3v) is 2.89. The summed E-state index contributed by atoms with van der Waals surface area (Å²) >= 11 is 0. The highest BCUT2D eigenvalue weighted by atomic mass is 16.5. The van der Waals surface area contributed by atoms with Gasteiger partial charge in [0.2, 0.25) is 0 Å². The van der Waals surface area contributed by atoms with E-state index in [2.05, 4.69) is 0 Å². The Balaban J connectivity index is 2.40. The molecule has 0 saturated carbocycles. The predicted molar refractivity (Wildman–Crippen MR) is 78.0 cm³/mol. The highest BCUT2D eigenvalue weighted by Crippen LogP contribution is 2.22. The Labute approximate surface area is 113 Å². The van der Waals surface area contributed by atoms with E-state index in [4.69, 9.17) is 4.74 Å². The average Bonchev–Trinajstić information content (AvgIpc) is 2.46. The summed E-state index contributed by atoms with van der Waals surface area (Å²) in [4.78, 5) is 11.8. The van der Waals surface area contributed by atoms with Gasteiger partial charge in [-0.1, -0.05) is 42.5 Å². The highest BCUT2D eigenvalue weighted by molar-refractivity contribution is 6.24. The van der Waals surface area contributed by atoms with Gasteiger partial charge >= 0.3 is 0 Å². The summed E-state index contributed by atoms with van der Waals surface area (Å²) in [5.41, 5.74) is 2.62. The molecular formula is C17H16O2. The van der Waals surface area contributed by atoms with Gasteiger partial charge in [-0.3, -0.25) is 4.79 Å². The van der Waals surface area contributed by atoms with Crippen LogP contribution in [0.25, 0.3) is 11.6 Å². The molecule has 2 rings (SSSR count). The first-order valence-corrected chi connectivity index (χ1v) is 6.13. The number of rotatable bonds is 4. The van der Waals surface area contributed by atoms with Crippen molar-refractivity contribution in [2.75, 3.05) is 7.11 Å². The Morgan fingerprint density at radius 3 is 2.16 bits per heavy atom. The molecule has 2 aromatic carbocycles. The third kappa shape index (κ3) is 3.32. The van der Waals surface area contributed by atoms with Gasteiger partial charge in [0, 0.05) is 5.57 Å². The molecule has 0 fully saturated rings. The van der Waals surface area contributed by atoms with Crippen molar-refractivity contribution >= 4 is 17.4 Å². The molecular weight excluding hydrogens is 236 g/mol. The van der Waals surface area contributed by atoms with Crippen molar-refractivity contribution in [2.24, 2.45) is 0 Å². The molecule has 0 bridgehead atoms. The number of ether oxygens (including phenoxy) is 1. The molecule has 0 atom stereocenters. The van der Waals surface area contributed by atoms with Crippen LogP contribution in [0, 0.1) is 0 Å². The maximum atomic E-state index is 11.8. The molecule has 0 amide bonds. The molecule has 0 radical (unpaired) electrons. The number of Topliss-reactive ketones (excluding diaryl/α,β-unsaturated/α-hetero) is 1. The van der Waals surface area contributed by atoms with Gasteiger partial charge in [-0.15, -0.1) is 0 Å². The van der Waals surface area contributed by atoms with Crippen molar-refractivity contribution in [1.82, 2.24) is 0 Å². The fourth-order valence-electron chi connectivity index (χ4n) is 1.87. The SMILES string of the molecule is COc1ccc(/C(=C/c2ccccc2)C(C)=O)cc1. The number of allylic oxidation sites excluding steroid dienone is 1. The molecule has 0 aliphatic heterocycles. The molecule has 0 aromatic heterocycles. The van der Waals surface area contributed by atoms with E-state index in [9.17, 15) is 4.79 Å². The molecule has 19 heavy (non-hydrogen) atoms. The van der Waals surface area contributed by atoms with Crippen LogP contribution in [0.15, 0.2) is 54.6 Å². The standard InChI is InChI=1S/C17H16O2/c1-13(18)17(12-14-6-4-3-5-7-14)15-8-10-16(19-2)11-9-15/h3-12H,1-2H3/b17-12+. The predicted octanol–water partition coefficient (Wildman–Crippen LogP) is 3.82. The normalized spacial score (nSPS) is 11.2. The van der Waals surface area contributed by atoms with Crippen LogP contribution in [0.2, 0.25) is 0 Å². The number of hydrogen-bond donors (Lipinski definition) is 0. The lowest BCUT2D eigenvalue weighted by Crippen LogP contribution is -1.96. The van der Waals surface area contributed by atoms with Crippen LogP contribution >= 0.6 is 0 Å². The average molecular weight is 252 g/mol. The van der Waals surface area contributed by atoms with Crippen molar-refractivity contribution in [1.29, 1.82) is 0 Å². The second-order valence-electron chi connectivity index (χ2n) is 4.25. The van der Waals surface area contributed by atoms with Crippen LogP contribution in [0.5, 0.6) is 5.75 Å². The molecule has 0 aliphatic carbocycles. The van der Waals surface area contributed by atoms with Gasteiger partial charge in [-0.25, -0.2) is 0 Å². The van der Waals surface area contributed by atoms with Crippen molar-refractivity contribution < 1.29 is 9.53 Å². The second kappa shape index (κ2) is 6.01. The Morgan fingerprint density at radius 1 is 1.00 bits per heavy atom. The fourth-order valence-corrected chi connectivity index (χ4v) is 1.87. The quantitative estimate of drug-likeness (QED) is 0.610. The number of ketones is 1. The van der Waals surface area contributed by atoms with E-state index in [1.807, 2.05) is 60.7 Å². The van der Waals surface area contributed by atoms with E-state index in [0.717, 1.165) is 16.9 Å². The van der Waals surface area contributed by atoms with Crippen LogP contribution < -0.4 is 4.74 Å². The van der Waals surface area contributed by atoms with E-state index in [-0.39, 0.29) is 5.78 Å². The first-order valence-electron chi connectivity index (χ1n) is 6.13. The van der Waals surface area contributed by atoms with Gasteiger partial charge in [0.15, 0.2) is 5.78 Å². The molecule has 2 aromatic rings. The molecule has 96 valence electrons. The minimum atomic E-state index is 0.0500. The van der Waals surface area contributed by atoms with Gasteiger partial charge in [-0.2, -0.15) is 0 Å². The highest BCUT2D eigenvalue weighted by Gasteiger charge is 2.07. The Bertz CT molecular complexity index is 580. The summed E-state index contributed by atoms with van der Waals surface area (Å²) in [7, 11) is 1.63. The Hall–Kier alpha value is -2.35. The topological polar surface area (TPSA) is 26.3 Å². The maximum absolute atomic E-state index is 11.8. The van der Waals surface area contributed by atoms with Gasteiger partial charge in [0.1, 0.15) is 5.75 Å². The number of methoxy groups -OCH3 is 1. The molecule has 0 saturated heterocycles. The zero-order valence-electron chi connectivity index (χ0n) is 11.1. The van der Waals surface area contributed by atoms with E-state index < -0.39 is 0 Å². The summed E-state index contributed by atoms with van der Waals surface area (Å²) in [6.45, 7) is 1.58. The van der Waals surface area contributed by atoms with Crippen LogP contribution in [-0.4, -0.2) is 12.9 Å². The van der Waals surface area contributed by atoms with Crippen molar-refractivity contribution in [2.45, 2.75) is 6.92 Å². The number of carbonyl (C=O) groups is 1. The van der Waals surface area contributed by atoms with Crippen LogP contribution in [-0.2, 0) is 4.79 Å². The smallest absolute Gasteiger partial charge is 0.160 e. The molecule has 2 nitrogen and oxygen atoms in total. The van der Waals surface area contributed by atoms with Gasteiger partial charge in [0.05, 0.1) is 7.11 Å². The van der Waals surface area contributed by atoms with Crippen molar-refractivity contribution in [3.05, 3.63) is 65.7 Å². The summed E-state index contributed by atoms with van der Waals surface area (Å²) in [5, 5.41) is 0. The molecule has 0 unspecified atom stereocenters. The first kappa shape index (κ1) is 13.1.